The minimum atomic E-state index is -1.43. The highest BCUT2D eigenvalue weighted by atomic mass is 16.3. The number of allylic oxidation sites excluding steroid dienone is 1. The molecule has 0 aliphatic carbocycles. The molecule has 5 N–H and O–H groups in total. The largest absolute Gasteiger partial charge is 0.508 e. The fourth-order valence-electron chi connectivity index (χ4n) is 3.69. The molecule has 2 aliphatic rings. The number of carbonyl (C=O) groups is 3. The van der Waals surface area contributed by atoms with Gasteiger partial charge in [-0.15, -0.1) is 0 Å². The van der Waals surface area contributed by atoms with Crippen LogP contribution in [0.1, 0.15) is 21.5 Å². The summed E-state index contributed by atoms with van der Waals surface area (Å²) in [7, 11) is 0. The lowest BCUT2D eigenvalue weighted by Gasteiger charge is -2.31. The zero-order valence-electron chi connectivity index (χ0n) is 15.8. The van der Waals surface area contributed by atoms with Crippen molar-refractivity contribution in [1.82, 2.24) is 15.5 Å². The molecule has 0 aromatic heterocycles. The van der Waals surface area contributed by atoms with E-state index in [4.69, 9.17) is 5.73 Å². The molecule has 2 aromatic carbocycles. The van der Waals surface area contributed by atoms with Gasteiger partial charge >= 0.3 is 6.03 Å². The second-order valence-corrected chi connectivity index (χ2v) is 7.03. The van der Waals surface area contributed by atoms with E-state index in [0.717, 1.165) is 0 Å². The third kappa shape index (κ3) is 3.26. The number of rotatable bonds is 5. The highest BCUT2D eigenvalue weighted by molar-refractivity contribution is 6.08. The Morgan fingerprint density at radius 3 is 2.60 bits per heavy atom. The van der Waals surface area contributed by atoms with Crippen LogP contribution in [-0.4, -0.2) is 40.6 Å². The number of aromatic hydroxyl groups is 1. The zero-order valence-corrected chi connectivity index (χ0v) is 15.8. The first-order valence-corrected chi connectivity index (χ1v) is 9.19. The Kier molecular flexibility index (Phi) is 4.71. The van der Waals surface area contributed by atoms with Gasteiger partial charge in [-0.2, -0.15) is 0 Å². The molecule has 0 spiro atoms. The summed E-state index contributed by atoms with van der Waals surface area (Å²) in [5, 5.41) is 14.6. The Balaban J connectivity index is 1.65. The number of aliphatic imine (C=N–C) groups is 1. The smallest absolute Gasteiger partial charge is 0.322 e. The first-order valence-electron chi connectivity index (χ1n) is 9.19. The van der Waals surface area contributed by atoms with E-state index in [1.54, 1.807) is 36.4 Å². The van der Waals surface area contributed by atoms with Gasteiger partial charge in [0, 0.05) is 18.3 Å². The van der Waals surface area contributed by atoms with Crippen LogP contribution in [0.15, 0.2) is 59.7 Å². The highest BCUT2D eigenvalue weighted by Crippen LogP contribution is 2.32. The number of hydrogen-bond acceptors (Lipinski definition) is 6. The van der Waals surface area contributed by atoms with Crippen molar-refractivity contribution in [1.29, 1.82) is 0 Å². The van der Waals surface area contributed by atoms with E-state index in [2.05, 4.69) is 15.6 Å². The summed E-state index contributed by atoms with van der Waals surface area (Å²) in [5.41, 5.74) is 6.12. The number of urea groups is 1. The molecule has 9 nitrogen and oxygen atoms in total. The van der Waals surface area contributed by atoms with Gasteiger partial charge in [0.25, 0.3) is 11.8 Å². The molecule has 152 valence electrons. The van der Waals surface area contributed by atoms with Crippen molar-refractivity contribution in [3.63, 3.8) is 0 Å². The number of phenols is 1. The second kappa shape index (κ2) is 7.36. The van der Waals surface area contributed by atoms with Crippen LogP contribution in [0.2, 0.25) is 0 Å². The molecule has 0 radical (unpaired) electrons. The van der Waals surface area contributed by atoms with Gasteiger partial charge in [-0.25, -0.2) is 4.79 Å². The van der Waals surface area contributed by atoms with Crippen LogP contribution < -0.4 is 16.4 Å². The van der Waals surface area contributed by atoms with E-state index in [-0.39, 0.29) is 24.7 Å². The number of nitrogens with two attached hydrogens (primary N) is 1. The topological polar surface area (TPSA) is 137 Å². The van der Waals surface area contributed by atoms with Crippen molar-refractivity contribution >= 4 is 29.7 Å². The van der Waals surface area contributed by atoms with Crippen LogP contribution in [0, 0.1) is 0 Å². The van der Waals surface area contributed by atoms with Crippen LogP contribution in [0.4, 0.5) is 10.5 Å². The SMILES string of the molecule is NC=CC=Nc1ccc(C2(CN3Cc4cc(O)ccc4C3=O)NC(=O)NC2=O)cc1. The number of imide groups is 1. The molecule has 9 heteroatoms. The molecule has 2 heterocycles. The number of amides is 4. The quantitative estimate of drug-likeness (QED) is 0.438. The Morgan fingerprint density at radius 1 is 1.17 bits per heavy atom. The van der Waals surface area contributed by atoms with Gasteiger partial charge in [0.05, 0.1) is 12.2 Å². The van der Waals surface area contributed by atoms with Crippen molar-refractivity contribution in [2.45, 2.75) is 12.1 Å². The van der Waals surface area contributed by atoms with Gasteiger partial charge in [0.1, 0.15) is 5.75 Å². The summed E-state index contributed by atoms with van der Waals surface area (Å²) in [5.74, 6) is -0.750. The predicted molar refractivity (Wildman–Crippen MR) is 109 cm³/mol. The molecule has 2 aromatic rings. The lowest BCUT2D eigenvalue weighted by atomic mass is 9.89. The van der Waals surface area contributed by atoms with E-state index < -0.39 is 17.5 Å². The summed E-state index contributed by atoms with van der Waals surface area (Å²) in [6.07, 6.45) is 4.47. The van der Waals surface area contributed by atoms with Gasteiger partial charge in [-0.3, -0.25) is 19.9 Å². The summed E-state index contributed by atoms with van der Waals surface area (Å²) in [4.78, 5) is 43.3. The van der Waals surface area contributed by atoms with Crippen LogP contribution >= 0.6 is 0 Å². The standard InChI is InChI=1S/C21H19N5O4/c22-8-1-9-23-15-4-2-14(3-5-15)21(19(29)24-20(30)25-21)12-26-11-13-10-16(27)6-7-17(13)18(26)28/h1-10,27H,11-12,22H2,(H2,24,25,29,30). The van der Waals surface area contributed by atoms with Crippen LogP contribution in [0.25, 0.3) is 0 Å². The molecule has 1 unspecified atom stereocenters. The lowest BCUT2D eigenvalue weighted by molar-refractivity contribution is -0.124. The van der Waals surface area contributed by atoms with Gasteiger partial charge in [0.2, 0.25) is 0 Å². The van der Waals surface area contributed by atoms with E-state index in [1.165, 1.54) is 29.4 Å². The number of carbonyl (C=O) groups excluding carboxylic acids is 3. The third-order valence-corrected chi connectivity index (χ3v) is 5.12. The predicted octanol–water partition coefficient (Wildman–Crippen LogP) is 1.26. The molecule has 2 aliphatic heterocycles. The Hall–Kier alpha value is -4.14. The molecule has 1 fully saturated rings. The summed E-state index contributed by atoms with van der Waals surface area (Å²) >= 11 is 0. The normalized spacial score (nSPS) is 20.8. The van der Waals surface area contributed by atoms with Crippen molar-refractivity contribution in [2.24, 2.45) is 10.7 Å². The molecule has 30 heavy (non-hydrogen) atoms. The average molecular weight is 405 g/mol. The van der Waals surface area contributed by atoms with Gasteiger partial charge in [0.15, 0.2) is 5.54 Å². The van der Waals surface area contributed by atoms with Crippen LogP contribution in [0.5, 0.6) is 5.75 Å². The van der Waals surface area contributed by atoms with Gasteiger partial charge < -0.3 is 21.1 Å². The molecular formula is C21H19N5O4. The molecule has 4 rings (SSSR count). The molecule has 0 saturated carbocycles. The van der Waals surface area contributed by atoms with E-state index in [0.29, 0.717) is 22.4 Å². The Morgan fingerprint density at radius 2 is 1.93 bits per heavy atom. The summed E-state index contributed by atoms with van der Waals surface area (Å²) in [6, 6.07) is 10.7. The molecular weight excluding hydrogens is 386 g/mol. The number of fused-ring (bicyclic) bond motifs is 1. The van der Waals surface area contributed by atoms with E-state index in [9.17, 15) is 19.5 Å². The number of nitrogens with one attached hydrogen (secondary N) is 2. The minimum absolute atomic E-state index is 0.0582. The van der Waals surface area contributed by atoms with E-state index >= 15 is 0 Å². The lowest BCUT2D eigenvalue weighted by Crippen LogP contribution is -2.52. The minimum Gasteiger partial charge on any atom is -0.508 e. The van der Waals surface area contributed by atoms with Crippen LogP contribution in [-0.2, 0) is 16.9 Å². The molecule has 4 amide bonds. The second-order valence-electron chi connectivity index (χ2n) is 7.03. The number of nitrogens with zero attached hydrogens (tertiary/aromatic N) is 2. The first kappa shape index (κ1) is 19.2. The monoisotopic (exact) mass is 405 g/mol. The fourth-order valence-corrected chi connectivity index (χ4v) is 3.69. The van der Waals surface area contributed by atoms with Gasteiger partial charge in [-0.1, -0.05) is 12.1 Å². The van der Waals surface area contributed by atoms with Crippen molar-refractivity contribution in [3.8, 4) is 5.75 Å². The van der Waals surface area contributed by atoms with Crippen molar-refractivity contribution in [3.05, 3.63) is 71.4 Å². The maximum atomic E-state index is 12.8. The fraction of sp³-hybridized carbons (Fsp3) is 0.143. The summed E-state index contributed by atoms with van der Waals surface area (Å²) < 4.78 is 0. The van der Waals surface area contributed by atoms with E-state index in [1.807, 2.05) is 0 Å². The number of hydrogen-bond donors (Lipinski definition) is 4. The van der Waals surface area contributed by atoms with Crippen molar-refractivity contribution < 1.29 is 19.5 Å². The zero-order chi connectivity index (χ0) is 21.3. The maximum absolute atomic E-state index is 12.8. The molecule has 0 bridgehead atoms. The van der Waals surface area contributed by atoms with Crippen LogP contribution in [0.3, 0.4) is 0 Å². The van der Waals surface area contributed by atoms with Crippen molar-refractivity contribution in [2.75, 3.05) is 6.54 Å². The molecule has 1 atom stereocenters. The van der Waals surface area contributed by atoms with Gasteiger partial charge in [-0.05, 0) is 53.7 Å². The molecule has 1 saturated heterocycles. The average Bonchev–Trinajstić information content (AvgIpc) is 3.18. The maximum Gasteiger partial charge on any atom is 0.322 e. The Bertz CT molecular complexity index is 1090. The summed E-state index contributed by atoms with van der Waals surface area (Å²) in [6.45, 7) is 0.165. The third-order valence-electron chi connectivity index (χ3n) is 5.12. The number of benzene rings is 2. The highest BCUT2D eigenvalue weighted by Gasteiger charge is 2.50. The Labute approximate surface area is 171 Å². The first-order chi connectivity index (χ1) is 14.4. The number of phenolic OH excluding ortho intramolecular Hbond substituents is 1.